The first-order chi connectivity index (χ1) is 6.88. The lowest BCUT2D eigenvalue weighted by Gasteiger charge is -2.05. The highest BCUT2D eigenvalue weighted by Gasteiger charge is 2.17. The standard InChI is InChI=1S/C9H12ClNO3/c10-3-8-6-14-9(11-8)13-5-7-1-2-12-4-7/h6-7H,1-5H2. The Balaban J connectivity index is 1.79. The van der Waals surface area contributed by atoms with E-state index in [1.165, 1.54) is 6.26 Å². The molecule has 0 aliphatic carbocycles. The Morgan fingerprint density at radius 1 is 1.64 bits per heavy atom. The van der Waals surface area contributed by atoms with E-state index in [0.717, 1.165) is 19.6 Å². The predicted molar refractivity (Wildman–Crippen MR) is 50.5 cm³/mol. The molecule has 0 spiro atoms. The Bertz CT molecular complexity index is 283. The summed E-state index contributed by atoms with van der Waals surface area (Å²) >= 11 is 5.57. The van der Waals surface area contributed by atoms with E-state index in [0.29, 0.717) is 30.2 Å². The maximum absolute atomic E-state index is 5.57. The molecule has 0 radical (unpaired) electrons. The molecule has 0 amide bonds. The zero-order valence-corrected chi connectivity index (χ0v) is 8.50. The van der Waals surface area contributed by atoms with Gasteiger partial charge in [0.05, 0.1) is 24.8 Å². The zero-order valence-electron chi connectivity index (χ0n) is 7.74. The second-order valence-electron chi connectivity index (χ2n) is 3.28. The van der Waals surface area contributed by atoms with Crippen LogP contribution in [0.5, 0.6) is 6.08 Å². The molecule has 1 aromatic heterocycles. The van der Waals surface area contributed by atoms with Gasteiger partial charge in [0.2, 0.25) is 0 Å². The molecule has 5 heteroatoms. The third-order valence-corrected chi connectivity index (χ3v) is 2.41. The van der Waals surface area contributed by atoms with Crippen molar-refractivity contribution in [3.8, 4) is 6.08 Å². The van der Waals surface area contributed by atoms with Crippen molar-refractivity contribution in [2.45, 2.75) is 12.3 Å². The van der Waals surface area contributed by atoms with Gasteiger partial charge in [-0.05, 0) is 6.42 Å². The predicted octanol–water partition coefficient (Wildman–Crippen LogP) is 1.83. The van der Waals surface area contributed by atoms with Crippen LogP contribution >= 0.6 is 11.6 Å². The SMILES string of the molecule is ClCc1coc(OCC2CCOC2)n1. The van der Waals surface area contributed by atoms with Crippen LogP contribution in [0.2, 0.25) is 0 Å². The quantitative estimate of drug-likeness (QED) is 0.722. The van der Waals surface area contributed by atoms with Gasteiger partial charge in [-0.15, -0.1) is 11.6 Å². The molecular weight excluding hydrogens is 206 g/mol. The third-order valence-electron chi connectivity index (χ3n) is 2.13. The molecule has 1 aromatic rings. The van der Waals surface area contributed by atoms with Crippen LogP contribution in [-0.2, 0) is 10.6 Å². The lowest BCUT2D eigenvalue weighted by atomic mass is 10.1. The van der Waals surface area contributed by atoms with Crippen LogP contribution in [0.3, 0.4) is 0 Å². The summed E-state index contributed by atoms with van der Waals surface area (Å²) in [6.45, 7) is 2.19. The fourth-order valence-electron chi connectivity index (χ4n) is 1.32. The lowest BCUT2D eigenvalue weighted by Crippen LogP contribution is -2.11. The molecule has 1 atom stereocenters. The molecule has 2 heterocycles. The van der Waals surface area contributed by atoms with E-state index >= 15 is 0 Å². The van der Waals surface area contributed by atoms with Crippen molar-refractivity contribution in [3.05, 3.63) is 12.0 Å². The maximum atomic E-state index is 5.57. The van der Waals surface area contributed by atoms with Crippen LogP contribution in [0, 0.1) is 5.92 Å². The Morgan fingerprint density at radius 2 is 2.57 bits per heavy atom. The first-order valence-corrected chi connectivity index (χ1v) is 5.13. The smallest absolute Gasteiger partial charge is 0.393 e. The normalized spacial score (nSPS) is 21.4. The van der Waals surface area contributed by atoms with Gasteiger partial charge in [-0.25, -0.2) is 0 Å². The van der Waals surface area contributed by atoms with Gasteiger partial charge in [0.15, 0.2) is 0 Å². The Hall–Kier alpha value is -0.740. The second kappa shape index (κ2) is 4.66. The summed E-state index contributed by atoms with van der Waals surface area (Å²) in [4.78, 5) is 4.03. The molecule has 1 fully saturated rings. The van der Waals surface area contributed by atoms with E-state index in [1.54, 1.807) is 0 Å². The molecule has 0 saturated carbocycles. The van der Waals surface area contributed by atoms with Crippen LogP contribution in [0.25, 0.3) is 0 Å². The average molecular weight is 218 g/mol. The minimum Gasteiger partial charge on any atom is -0.450 e. The van der Waals surface area contributed by atoms with Gasteiger partial charge in [0, 0.05) is 12.5 Å². The van der Waals surface area contributed by atoms with E-state index < -0.39 is 0 Å². The average Bonchev–Trinajstić information content (AvgIpc) is 2.86. The molecule has 1 saturated heterocycles. The number of ether oxygens (including phenoxy) is 2. The van der Waals surface area contributed by atoms with Crippen molar-refractivity contribution in [1.82, 2.24) is 4.98 Å². The number of halogens is 1. The van der Waals surface area contributed by atoms with E-state index in [4.69, 9.17) is 25.5 Å². The van der Waals surface area contributed by atoms with Gasteiger partial charge in [-0.2, -0.15) is 4.98 Å². The zero-order chi connectivity index (χ0) is 9.80. The van der Waals surface area contributed by atoms with Gasteiger partial charge >= 0.3 is 6.08 Å². The van der Waals surface area contributed by atoms with Crippen LogP contribution in [0.4, 0.5) is 0 Å². The Labute approximate surface area is 87.2 Å². The molecule has 1 aliphatic heterocycles. The van der Waals surface area contributed by atoms with Crippen LogP contribution in [0.15, 0.2) is 10.7 Å². The van der Waals surface area contributed by atoms with Gasteiger partial charge in [-0.1, -0.05) is 0 Å². The van der Waals surface area contributed by atoms with Gasteiger partial charge in [-0.3, -0.25) is 0 Å². The summed E-state index contributed by atoms with van der Waals surface area (Å²) in [6.07, 6.45) is 2.85. The van der Waals surface area contributed by atoms with Crippen molar-refractivity contribution < 1.29 is 13.9 Å². The summed E-state index contributed by atoms with van der Waals surface area (Å²) in [6, 6.07) is 0. The molecule has 1 unspecified atom stereocenters. The lowest BCUT2D eigenvalue weighted by molar-refractivity contribution is 0.151. The Morgan fingerprint density at radius 3 is 3.21 bits per heavy atom. The number of oxazole rings is 1. The van der Waals surface area contributed by atoms with Crippen LogP contribution in [0.1, 0.15) is 12.1 Å². The summed E-state index contributed by atoms with van der Waals surface area (Å²) in [5, 5.41) is 0. The minimum absolute atomic E-state index is 0.299. The largest absolute Gasteiger partial charge is 0.450 e. The molecule has 0 aromatic carbocycles. The molecule has 78 valence electrons. The highest BCUT2D eigenvalue weighted by atomic mass is 35.5. The van der Waals surface area contributed by atoms with E-state index in [9.17, 15) is 0 Å². The molecule has 2 rings (SSSR count). The van der Waals surface area contributed by atoms with Gasteiger partial charge in [0.1, 0.15) is 6.26 Å². The van der Waals surface area contributed by atoms with Crippen molar-refractivity contribution in [1.29, 1.82) is 0 Å². The summed E-state index contributed by atoms with van der Waals surface area (Å²) < 4.78 is 15.6. The number of aromatic nitrogens is 1. The topological polar surface area (TPSA) is 44.5 Å². The maximum Gasteiger partial charge on any atom is 0.393 e. The van der Waals surface area contributed by atoms with E-state index in [2.05, 4.69) is 4.98 Å². The van der Waals surface area contributed by atoms with Crippen LogP contribution in [-0.4, -0.2) is 24.8 Å². The molecule has 14 heavy (non-hydrogen) atoms. The van der Waals surface area contributed by atoms with Crippen molar-refractivity contribution in [2.75, 3.05) is 19.8 Å². The monoisotopic (exact) mass is 217 g/mol. The summed E-state index contributed by atoms with van der Waals surface area (Å²) in [5.74, 6) is 0.806. The van der Waals surface area contributed by atoms with Crippen LogP contribution < -0.4 is 4.74 Å². The molecule has 1 aliphatic rings. The minimum atomic E-state index is 0.299. The highest BCUT2D eigenvalue weighted by molar-refractivity contribution is 6.16. The van der Waals surface area contributed by atoms with Gasteiger partial charge in [0.25, 0.3) is 0 Å². The highest BCUT2D eigenvalue weighted by Crippen LogP contribution is 2.16. The Kier molecular flexibility index (Phi) is 3.26. The van der Waals surface area contributed by atoms with E-state index in [1.807, 2.05) is 0 Å². The fourth-order valence-corrected chi connectivity index (χ4v) is 1.44. The molecule has 0 bridgehead atoms. The number of nitrogens with zero attached hydrogens (tertiary/aromatic N) is 1. The number of hydrogen-bond acceptors (Lipinski definition) is 4. The molecule has 4 nitrogen and oxygen atoms in total. The first-order valence-electron chi connectivity index (χ1n) is 4.59. The second-order valence-corrected chi connectivity index (χ2v) is 3.55. The molecule has 0 N–H and O–H groups in total. The summed E-state index contributed by atoms with van der Waals surface area (Å²) in [5.41, 5.74) is 0.698. The number of hydrogen-bond donors (Lipinski definition) is 0. The first kappa shape index (κ1) is 9.80. The fraction of sp³-hybridized carbons (Fsp3) is 0.667. The van der Waals surface area contributed by atoms with E-state index in [-0.39, 0.29) is 0 Å². The number of rotatable bonds is 4. The third kappa shape index (κ3) is 2.39. The molecular formula is C9H12ClNO3. The van der Waals surface area contributed by atoms with Crippen molar-refractivity contribution in [2.24, 2.45) is 5.92 Å². The van der Waals surface area contributed by atoms with Crippen molar-refractivity contribution >= 4 is 11.6 Å². The number of alkyl halides is 1. The van der Waals surface area contributed by atoms with Crippen molar-refractivity contribution in [3.63, 3.8) is 0 Å². The summed E-state index contributed by atoms with van der Waals surface area (Å²) in [7, 11) is 0. The van der Waals surface area contributed by atoms with Gasteiger partial charge < -0.3 is 13.9 Å².